The Morgan fingerprint density at radius 3 is 2.83 bits per heavy atom. The second kappa shape index (κ2) is 8.19. The normalized spacial score (nSPS) is 11.7. The predicted molar refractivity (Wildman–Crippen MR) is 98.5 cm³/mol. The van der Waals surface area contributed by atoms with Crippen LogP contribution in [0.25, 0.3) is 11.3 Å². The summed E-state index contributed by atoms with van der Waals surface area (Å²) < 4.78 is 45.0. The van der Waals surface area contributed by atoms with Gasteiger partial charge < -0.3 is 14.5 Å². The summed E-state index contributed by atoms with van der Waals surface area (Å²) in [5.41, 5.74) is 1.62. The molecule has 0 fully saturated rings. The first-order chi connectivity index (χ1) is 14.1. The van der Waals surface area contributed by atoms with Crippen LogP contribution in [-0.2, 0) is 17.5 Å². The highest BCUT2D eigenvalue weighted by Crippen LogP contribution is 2.32. The summed E-state index contributed by atoms with van der Waals surface area (Å²) in [5.74, 6) is -0.299. The SMILES string of the molecule is Cc1ncc([N+](=O)[O-])n1CC(=O)N/N=C\c1ccc(-c2cccc(C(F)(F)F)c2)o1. The first-order valence-corrected chi connectivity index (χ1v) is 8.41. The van der Waals surface area contributed by atoms with Gasteiger partial charge in [-0.3, -0.25) is 4.79 Å². The molecule has 1 aromatic carbocycles. The molecule has 0 saturated carbocycles. The standard InChI is InChI=1S/C18H14F3N5O4/c1-11-22-9-17(26(28)29)25(11)10-16(27)24-23-8-14-5-6-15(30-14)12-3-2-4-13(7-12)18(19,20)21/h2-9H,10H2,1H3,(H,24,27)/b23-8-. The molecule has 0 radical (unpaired) electrons. The van der Waals surface area contributed by atoms with Gasteiger partial charge in [-0.1, -0.05) is 12.1 Å². The van der Waals surface area contributed by atoms with E-state index < -0.39 is 22.6 Å². The maximum atomic E-state index is 12.8. The highest BCUT2D eigenvalue weighted by Gasteiger charge is 2.30. The van der Waals surface area contributed by atoms with E-state index in [0.717, 1.165) is 29.1 Å². The van der Waals surface area contributed by atoms with E-state index in [0.29, 0.717) is 0 Å². The first-order valence-electron chi connectivity index (χ1n) is 8.41. The van der Waals surface area contributed by atoms with Crippen LogP contribution in [0.5, 0.6) is 0 Å². The van der Waals surface area contributed by atoms with Crippen molar-refractivity contribution in [3.05, 3.63) is 69.9 Å². The molecule has 0 spiro atoms. The van der Waals surface area contributed by atoms with Gasteiger partial charge in [0.25, 0.3) is 5.91 Å². The van der Waals surface area contributed by atoms with Gasteiger partial charge in [-0.05, 0) is 29.2 Å². The van der Waals surface area contributed by atoms with Crippen molar-refractivity contribution in [3.63, 3.8) is 0 Å². The number of hydrogen-bond donors (Lipinski definition) is 1. The van der Waals surface area contributed by atoms with Crippen LogP contribution < -0.4 is 5.43 Å². The van der Waals surface area contributed by atoms with E-state index >= 15 is 0 Å². The fourth-order valence-corrected chi connectivity index (χ4v) is 2.57. The van der Waals surface area contributed by atoms with Gasteiger partial charge in [-0.15, -0.1) is 0 Å². The number of carbonyl (C=O) groups is 1. The summed E-state index contributed by atoms with van der Waals surface area (Å²) in [6, 6.07) is 7.59. The number of aromatic nitrogens is 2. The third-order valence-electron chi connectivity index (χ3n) is 4.01. The zero-order chi connectivity index (χ0) is 21.9. The molecule has 0 aliphatic heterocycles. The average Bonchev–Trinajstić information content (AvgIpc) is 3.29. The molecule has 9 nitrogen and oxygen atoms in total. The smallest absolute Gasteiger partial charge is 0.416 e. The van der Waals surface area contributed by atoms with Crippen molar-refractivity contribution in [1.29, 1.82) is 0 Å². The van der Waals surface area contributed by atoms with Gasteiger partial charge in [0.1, 0.15) is 17.7 Å². The van der Waals surface area contributed by atoms with E-state index in [1.807, 2.05) is 0 Å². The number of nitrogens with zero attached hydrogens (tertiary/aromatic N) is 4. The summed E-state index contributed by atoms with van der Waals surface area (Å²) in [6.07, 6.45) is -2.27. The minimum atomic E-state index is -4.47. The van der Waals surface area contributed by atoms with E-state index in [9.17, 15) is 28.1 Å². The number of nitrogens with one attached hydrogen (secondary N) is 1. The van der Waals surface area contributed by atoms with E-state index in [1.54, 1.807) is 0 Å². The Kier molecular flexibility index (Phi) is 5.67. The lowest BCUT2D eigenvalue weighted by Gasteiger charge is -2.07. The van der Waals surface area contributed by atoms with Gasteiger partial charge in [0.2, 0.25) is 0 Å². The molecule has 0 aliphatic rings. The van der Waals surface area contributed by atoms with E-state index in [-0.39, 0.29) is 35.3 Å². The molecule has 0 bridgehead atoms. The molecule has 0 aliphatic carbocycles. The molecule has 0 unspecified atom stereocenters. The van der Waals surface area contributed by atoms with Crippen LogP contribution in [0.4, 0.5) is 19.0 Å². The topological polar surface area (TPSA) is 116 Å². The van der Waals surface area contributed by atoms with Crippen molar-refractivity contribution in [1.82, 2.24) is 15.0 Å². The van der Waals surface area contributed by atoms with Crippen molar-refractivity contribution in [2.75, 3.05) is 0 Å². The van der Waals surface area contributed by atoms with Crippen LogP contribution in [0.1, 0.15) is 17.1 Å². The number of alkyl halides is 3. The highest BCUT2D eigenvalue weighted by atomic mass is 19.4. The van der Waals surface area contributed by atoms with E-state index in [2.05, 4.69) is 15.5 Å². The monoisotopic (exact) mass is 421 g/mol. The second-order valence-corrected chi connectivity index (χ2v) is 6.08. The Hall–Kier alpha value is -3.96. The number of hydrogen-bond acceptors (Lipinski definition) is 6. The van der Waals surface area contributed by atoms with Crippen LogP contribution in [0.15, 0.2) is 52.1 Å². The summed E-state index contributed by atoms with van der Waals surface area (Å²) in [4.78, 5) is 26.0. The number of furan rings is 1. The fraction of sp³-hybridized carbons (Fsp3) is 0.167. The maximum absolute atomic E-state index is 12.8. The number of hydrazone groups is 1. The van der Waals surface area contributed by atoms with Gasteiger partial charge in [0.05, 0.1) is 11.8 Å². The number of halogens is 3. The summed E-state index contributed by atoms with van der Waals surface area (Å²) >= 11 is 0. The Morgan fingerprint density at radius 1 is 1.37 bits per heavy atom. The number of carbonyl (C=O) groups excluding carboxylic acids is 1. The Morgan fingerprint density at radius 2 is 2.13 bits per heavy atom. The molecule has 3 rings (SSSR count). The molecule has 1 N–H and O–H groups in total. The molecule has 2 aromatic heterocycles. The van der Waals surface area contributed by atoms with Gasteiger partial charge in [-0.25, -0.2) is 15.0 Å². The van der Waals surface area contributed by atoms with Crippen LogP contribution in [-0.4, -0.2) is 26.6 Å². The zero-order valence-electron chi connectivity index (χ0n) is 15.4. The number of nitro groups is 1. The lowest BCUT2D eigenvalue weighted by atomic mass is 10.1. The largest absolute Gasteiger partial charge is 0.455 e. The van der Waals surface area contributed by atoms with Gasteiger partial charge in [0.15, 0.2) is 12.4 Å². The molecule has 12 heteroatoms. The van der Waals surface area contributed by atoms with Crippen LogP contribution in [0.2, 0.25) is 0 Å². The van der Waals surface area contributed by atoms with Crippen LogP contribution >= 0.6 is 0 Å². The molecular formula is C18H14F3N5O4. The number of benzene rings is 1. The maximum Gasteiger partial charge on any atom is 0.416 e. The average molecular weight is 421 g/mol. The highest BCUT2D eigenvalue weighted by molar-refractivity contribution is 5.81. The van der Waals surface area contributed by atoms with Crippen LogP contribution in [0.3, 0.4) is 0 Å². The predicted octanol–water partition coefficient (Wildman–Crippen LogP) is 3.53. The first kappa shape index (κ1) is 20.8. The minimum absolute atomic E-state index is 0.188. The number of imidazole rings is 1. The van der Waals surface area contributed by atoms with Crippen LogP contribution in [0, 0.1) is 17.0 Å². The molecule has 0 atom stereocenters. The summed E-state index contributed by atoms with van der Waals surface area (Å²) in [7, 11) is 0. The Bertz CT molecular complexity index is 1120. The lowest BCUT2D eigenvalue weighted by molar-refractivity contribution is -0.392. The van der Waals surface area contributed by atoms with Crippen molar-refractivity contribution in [2.45, 2.75) is 19.6 Å². The van der Waals surface area contributed by atoms with Gasteiger partial charge in [-0.2, -0.15) is 18.3 Å². The van der Waals surface area contributed by atoms with E-state index in [4.69, 9.17) is 4.42 Å². The third kappa shape index (κ3) is 4.71. The Balaban J connectivity index is 1.65. The molecular weight excluding hydrogens is 407 g/mol. The van der Waals surface area contributed by atoms with Crippen molar-refractivity contribution in [3.8, 4) is 11.3 Å². The quantitative estimate of drug-likeness (QED) is 0.371. The van der Waals surface area contributed by atoms with Gasteiger partial charge >= 0.3 is 12.0 Å². The second-order valence-electron chi connectivity index (χ2n) is 6.08. The molecule has 156 valence electrons. The summed E-state index contributed by atoms with van der Waals surface area (Å²) in [6.45, 7) is 1.15. The molecule has 3 aromatic rings. The zero-order valence-corrected chi connectivity index (χ0v) is 15.4. The number of rotatable bonds is 6. The molecule has 2 heterocycles. The number of amides is 1. The van der Waals surface area contributed by atoms with E-state index in [1.165, 1.54) is 31.2 Å². The number of aryl methyl sites for hydroxylation is 1. The Labute approximate surface area is 167 Å². The van der Waals surface area contributed by atoms with Gasteiger partial charge in [0, 0.05) is 12.5 Å². The van der Waals surface area contributed by atoms with Crippen molar-refractivity contribution in [2.24, 2.45) is 5.10 Å². The summed E-state index contributed by atoms with van der Waals surface area (Å²) in [5, 5.41) is 14.6. The van der Waals surface area contributed by atoms with Crippen molar-refractivity contribution < 1.29 is 27.3 Å². The molecule has 1 amide bonds. The fourth-order valence-electron chi connectivity index (χ4n) is 2.57. The lowest BCUT2D eigenvalue weighted by Crippen LogP contribution is -2.24. The molecule has 30 heavy (non-hydrogen) atoms. The minimum Gasteiger partial charge on any atom is -0.455 e. The molecule has 0 saturated heterocycles. The third-order valence-corrected chi connectivity index (χ3v) is 4.01. The van der Waals surface area contributed by atoms with Crippen molar-refractivity contribution >= 4 is 17.9 Å².